The van der Waals surface area contributed by atoms with Gasteiger partial charge in [0.05, 0.1) is 16.4 Å². The van der Waals surface area contributed by atoms with Gasteiger partial charge < -0.3 is 4.42 Å². The molecule has 1 aromatic heterocycles. The highest BCUT2D eigenvalue weighted by molar-refractivity contribution is 7.92. The fourth-order valence-corrected chi connectivity index (χ4v) is 6.30. The second-order valence-electron chi connectivity index (χ2n) is 6.10. The molecule has 1 saturated heterocycles. The molecule has 0 amide bonds. The second-order valence-corrected chi connectivity index (χ2v) is 10.3. The molecule has 24 heavy (non-hydrogen) atoms. The first kappa shape index (κ1) is 17.2. The number of benzene rings is 1. The van der Waals surface area contributed by atoms with Crippen LogP contribution in [0, 0.1) is 13.8 Å². The van der Waals surface area contributed by atoms with Gasteiger partial charge in [0.15, 0.2) is 9.84 Å². The molecule has 0 saturated carbocycles. The monoisotopic (exact) mass is 369 g/mol. The third-order valence-corrected chi connectivity index (χ3v) is 8.18. The van der Waals surface area contributed by atoms with E-state index in [9.17, 15) is 16.8 Å². The normalized spacial score (nSPS) is 16.9. The number of rotatable bonds is 5. The molecule has 2 aromatic rings. The lowest BCUT2D eigenvalue weighted by Gasteiger charge is -2.37. The van der Waals surface area contributed by atoms with Crippen LogP contribution in [0.25, 0.3) is 0 Å². The first-order valence-electron chi connectivity index (χ1n) is 7.51. The van der Waals surface area contributed by atoms with E-state index < -0.39 is 25.1 Å². The summed E-state index contributed by atoms with van der Waals surface area (Å²) in [7, 11) is -7.11. The van der Waals surface area contributed by atoms with Crippen LogP contribution in [0.15, 0.2) is 45.9 Å². The average Bonchev–Trinajstić information content (AvgIpc) is 2.90. The molecule has 2 heterocycles. The molecule has 6 nitrogen and oxygen atoms in total. The molecule has 0 atom stereocenters. The van der Waals surface area contributed by atoms with Crippen molar-refractivity contribution in [1.82, 2.24) is 4.31 Å². The summed E-state index contributed by atoms with van der Waals surface area (Å²) in [5, 5.41) is -0.692. The van der Waals surface area contributed by atoms with Crippen LogP contribution in [0.4, 0.5) is 0 Å². The number of aryl methyl sites for hydroxylation is 2. The van der Waals surface area contributed by atoms with Gasteiger partial charge in [0.25, 0.3) is 0 Å². The standard InChI is InChI=1S/C16H19NO5S2/c1-12-5-6-13(2)16(8-12)24(20,21)17-9-15(10-17)23(18,19)11-14-4-3-7-22-14/h3-8,15H,9-11H2,1-2H3. The van der Waals surface area contributed by atoms with E-state index in [1.54, 1.807) is 31.2 Å². The molecule has 0 bridgehead atoms. The number of nitrogens with zero attached hydrogens (tertiary/aromatic N) is 1. The van der Waals surface area contributed by atoms with E-state index in [1.807, 2.05) is 13.0 Å². The smallest absolute Gasteiger partial charge is 0.243 e. The molecule has 0 aliphatic carbocycles. The Bertz CT molecular complexity index is 940. The molecule has 1 aliphatic rings. The maximum Gasteiger partial charge on any atom is 0.243 e. The Labute approximate surface area is 142 Å². The first-order chi connectivity index (χ1) is 11.2. The van der Waals surface area contributed by atoms with Crippen molar-refractivity contribution in [2.24, 2.45) is 0 Å². The minimum Gasteiger partial charge on any atom is -0.468 e. The van der Waals surface area contributed by atoms with E-state index in [4.69, 9.17) is 4.42 Å². The van der Waals surface area contributed by atoms with E-state index in [1.165, 1.54) is 10.6 Å². The van der Waals surface area contributed by atoms with Crippen molar-refractivity contribution in [3.05, 3.63) is 53.5 Å². The summed E-state index contributed by atoms with van der Waals surface area (Å²) in [5.74, 6) is 0.160. The number of furan rings is 1. The van der Waals surface area contributed by atoms with Crippen LogP contribution in [0.5, 0.6) is 0 Å². The van der Waals surface area contributed by atoms with E-state index in [0.717, 1.165) is 5.56 Å². The summed E-state index contributed by atoms with van der Waals surface area (Å²) in [6, 6.07) is 8.45. The van der Waals surface area contributed by atoms with Crippen molar-refractivity contribution in [2.75, 3.05) is 13.1 Å². The van der Waals surface area contributed by atoms with Crippen molar-refractivity contribution in [1.29, 1.82) is 0 Å². The topological polar surface area (TPSA) is 84.7 Å². The number of hydrogen-bond acceptors (Lipinski definition) is 5. The zero-order valence-corrected chi connectivity index (χ0v) is 15.1. The lowest BCUT2D eigenvalue weighted by Crippen LogP contribution is -2.56. The Balaban J connectivity index is 1.75. The molecule has 3 rings (SSSR count). The van der Waals surface area contributed by atoms with Crippen molar-refractivity contribution in [2.45, 2.75) is 29.7 Å². The maximum absolute atomic E-state index is 12.7. The summed E-state index contributed by atoms with van der Waals surface area (Å²) in [4.78, 5) is 0.240. The van der Waals surface area contributed by atoms with Crippen molar-refractivity contribution in [3.8, 4) is 0 Å². The lowest BCUT2D eigenvalue weighted by atomic mass is 10.2. The van der Waals surface area contributed by atoms with E-state index in [-0.39, 0.29) is 23.7 Å². The van der Waals surface area contributed by atoms with E-state index in [0.29, 0.717) is 11.3 Å². The van der Waals surface area contributed by atoms with Gasteiger partial charge in [-0.25, -0.2) is 16.8 Å². The van der Waals surface area contributed by atoms with Gasteiger partial charge in [0, 0.05) is 13.1 Å². The predicted molar refractivity (Wildman–Crippen MR) is 89.8 cm³/mol. The highest BCUT2D eigenvalue weighted by Gasteiger charge is 2.44. The molecule has 0 radical (unpaired) electrons. The summed E-state index contributed by atoms with van der Waals surface area (Å²) in [6.07, 6.45) is 1.42. The molecular formula is C16H19NO5S2. The largest absolute Gasteiger partial charge is 0.468 e. The van der Waals surface area contributed by atoms with E-state index >= 15 is 0 Å². The number of sulfonamides is 1. The fraction of sp³-hybridized carbons (Fsp3) is 0.375. The molecule has 1 fully saturated rings. The lowest BCUT2D eigenvalue weighted by molar-refractivity contribution is 0.309. The third kappa shape index (κ3) is 3.13. The van der Waals surface area contributed by atoms with Gasteiger partial charge in [-0.2, -0.15) is 4.31 Å². The summed E-state index contributed by atoms with van der Waals surface area (Å²) < 4.78 is 56.3. The minimum absolute atomic E-state index is 0.0151. The first-order valence-corrected chi connectivity index (χ1v) is 10.7. The maximum atomic E-state index is 12.7. The van der Waals surface area contributed by atoms with Gasteiger partial charge in [0.1, 0.15) is 11.5 Å². The fourth-order valence-electron chi connectivity index (χ4n) is 2.66. The highest BCUT2D eigenvalue weighted by Crippen LogP contribution is 2.29. The van der Waals surface area contributed by atoms with Crippen molar-refractivity contribution < 1.29 is 21.3 Å². The molecule has 8 heteroatoms. The Morgan fingerprint density at radius 3 is 2.46 bits per heavy atom. The number of sulfone groups is 1. The quantitative estimate of drug-likeness (QED) is 0.803. The Morgan fingerprint density at radius 1 is 1.12 bits per heavy atom. The van der Waals surface area contributed by atoms with Gasteiger partial charge in [-0.05, 0) is 43.2 Å². The van der Waals surface area contributed by atoms with Gasteiger partial charge in [-0.15, -0.1) is 0 Å². The zero-order chi connectivity index (χ0) is 17.5. The van der Waals surface area contributed by atoms with Gasteiger partial charge >= 0.3 is 0 Å². The van der Waals surface area contributed by atoms with Crippen LogP contribution < -0.4 is 0 Å². The molecule has 0 spiro atoms. The van der Waals surface area contributed by atoms with Crippen LogP contribution in [-0.2, 0) is 25.6 Å². The van der Waals surface area contributed by atoms with Gasteiger partial charge in [-0.1, -0.05) is 12.1 Å². The van der Waals surface area contributed by atoms with E-state index in [2.05, 4.69) is 0 Å². The van der Waals surface area contributed by atoms with Crippen molar-refractivity contribution in [3.63, 3.8) is 0 Å². The molecule has 0 N–H and O–H groups in total. The summed E-state index contributed by atoms with van der Waals surface area (Å²) in [5.41, 5.74) is 1.50. The highest BCUT2D eigenvalue weighted by atomic mass is 32.2. The van der Waals surface area contributed by atoms with Crippen LogP contribution in [0.2, 0.25) is 0 Å². The van der Waals surface area contributed by atoms with Gasteiger partial charge in [0.2, 0.25) is 10.0 Å². The second kappa shape index (κ2) is 6.02. The minimum atomic E-state index is -3.67. The molecule has 0 unspecified atom stereocenters. The van der Waals surface area contributed by atoms with Crippen molar-refractivity contribution >= 4 is 19.9 Å². The summed E-state index contributed by atoms with van der Waals surface area (Å²) >= 11 is 0. The molecule has 1 aliphatic heterocycles. The third-order valence-electron chi connectivity index (χ3n) is 4.21. The van der Waals surface area contributed by atoms with Crippen LogP contribution >= 0.6 is 0 Å². The van der Waals surface area contributed by atoms with Crippen LogP contribution in [0.1, 0.15) is 16.9 Å². The Kier molecular flexibility index (Phi) is 4.31. The molecule has 1 aromatic carbocycles. The predicted octanol–water partition coefficient (Wildman–Crippen LogP) is 1.88. The number of hydrogen-bond donors (Lipinski definition) is 0. The summed E-state index contributed by atoms with van der Waals surface area (Å²) in [6.45, 7) is 3.53. The Morgan fingerprint density at radius 2 is 1.83 bits per heavy atom. The van der Waals surface area contributed by atoms with Crippen LogP contribution in [0.3, 0.4) is 0 Å². The van der Waals surface area contributed by atoms with Crippen LogP contribution in [-0.4, -0.2) is 39.5 Å². The Hall–Kier alpha value is -1.64. The molecule has 130 valence electrons. The van der Waals surface area contributed by atoms with Gasteiger partial charge in [-0.3, -0.25) is 0 Å². The zero-order valence-electron chi connectivity index (χ0n) is 13.5. The molecular weight excluding hydrogens is 350 g/mol. The SMILES string of the molecule is Cc1ccc(C)c(S(=O)(=O)N2CC(S(=O)(=O)Cc3ccco3)C2)c1. The average molecular weight is 369 g/mol.